The Morgan fingerprint density at radius 1 is 0.333 bits per heavy atom. The van der Waals surface area contributed by atoms with Gasteiger partial charge in [0, 0.05) is 12.8 Å². The van der Waals surface area contributed by atoms with Gasteiger partial charge in [-0.05, 0) is 83.5 Å². The summed E-state index contributed by atoms with van der Waals surface area (Å²) in [5.41, 5.74) is 0. The zero-order chi connectivity index (χ0) is 60.6. The second kappa shape index (κ2) is 73.5. The summed E-state index contributed by atoms with van der Waals surface area (Å²) in [5.74, 6) is -0.0155. The lowest BCUT2D eigenvalue weighted by atomic mass is 10.0. The largest absolute Gasteiger partial charge is 0.466 e. The fourth-order valence-corrected chi connectivity index (χ4v) is 12.1. The third kappa shape index (κ3) is 69.2. The first-order chi connectivity index (χ1) is 41.5. The molecule has 0 rings (SSSR count). The molecule has 1 amide bonds. The molecule has 0 radical (unpaired) electrons. The first-order valence-corrected chi connectivity index (χ1v) is 38.2. The Labute approximate surface area is 525 Å². The predicted octanol–water partition coefficient (Wildman–Crippen LogP) is 25.0. The molecule has 0 fully saturated rings. The molecule has 2 unspecified atom stereocenters. The van der Waals surface area contributed by atoms with E-state index in [4.69, 9.17) is 4.74 Å². The monoisotopic (exact) mass is 1180 g/mol. The van der Waals surface area contributed by atoms with Gasteiger partial charge in [-0.25, -0.2) is 0 Å². The van der Waals surface area contributed by atoms with Crippen molar-refractivity contribution in [3.63, 3.8) is 0 Å². The highest BCUT2D eigenvalue weighted by molar-refractivity contribution is 5.76. The molecule has 0 aliphatic heterocycles. The van der Waals surface area contributed by atoms with E-state index in [9.17, 15) is 19.8 Å². The van der Waals surface area contributed by atoms with Crippen LogP contribution in [-0.2, 0) is 14.3 Å². The van der Waals surface area contributed by atoms with E-state index < -0.39 is 12.1 Å². The van der Waals surface area contributed by atoms with Gasteiger partial charge in [-0.2, -0.15) is 0 Å². The van der Waals surface area contributed by atoms with Crippen molar-refractivity contribution < 1.29 is 24.5 Å². The lowest BCUT2D eigenvalue weighted by Gasteiger charge is -2.22. The third-order valence-electron chi connectivity index (χ3n) is 17.9. The maximum atomic E-state index is 12.5. The first kappa shape index (κ1) is 82.1. The molecule has 6 heteroatoms. The Kier molecular flexibility index (Phi) is 71.9. The Morgan fingerprint density at radius 2 is 0.595 bits per heavy atom. The van der Waals surface area contributed by atoms with Crippen LogP contribution in [0.3, 0.4) is 0 Å². The molecular weight excluding hydrogens is 1030 g/mol. The zero-order valence-corrected chi connectivity index (χ0v) is 56.9. The van der Waals surface area contributed by atoms with Gasteiger partial charge in [0.05, 0.1) is 25.4 Å². The fourth-order valence-electron chi connectivity index (χ4n) is 12.1. The van der Waals surface area contributed by atoms with Crippen LogP contribution in [-0.4, -0.2) is 47.4 Å². The van der Waals surface area contributed by atoms with Crippen molar-refractivity contribution in [1.82, 2.24) is 5.32 Å². The lowest BCUT2D eigenvalue weighted by Crippen LogP contribution is -2.45. The molecule has 84 heavy (non-hydrogen) atoms. The summed E-state index contributed by atoms with van der Waals surface area (Å²) in [6.45, 7) is 4.97. The van der Waals surface area contributed by atoms with Crippen LogP contribution in [0, 0.1) is 0 Å². The Bertz CT molecular complexity index is 1360. The van der Waals surface area contributed by atoms with Gasteiger partial charge in [-0.15, -0.1) is 0 Å². The highest BCUT2D eigenvalue weighted by Crippen LogP contribution is 2.19. The van der Waals surface area contributed by atoms with Crippen LogP contribution >= 0.6 is 0 Å². The number of unbranched alkanes of at least 4 members (excludes halogenated alkanes) is 55. The molecule has 0 saturated heterocycles. The molecule has 0 aliphatic rings. The molecular formula is C78H149NO5. The number of carbonyl (C=O) groups excluding carboxylic acids is 2. The maximum absolute atomic E-state index is 12.5. The van der Waals surface area contributed by atoms with Gasteiger partial charge < -0.3 is 20.3 Å². The molecule has 0 aromatic carbocycles. The summed E-state index contributed by atoms with van der Waals surface area (Å²) in [6, 6.07) is -0.541. The number of hydrogen-bond donors (Lipinski definition) is 3. The molecule has 0 aromatic heterocycles. The van der Waals surface area contributed by atoms with Crippen LogP contribution in [0.4, 0.5) is 0 Å². The molecule has 496 valence electrons. The van der Waals surface area contributed by atoms with Crippen molar-refractivity contribution in [2.24, 2.45) is 0 Å². The van der Waals surface area contributed by atoms with Crippen molar-refractivity contribution >= 4 is 11.9 Å². The van der Waals surface area contributed by atoms with E-state index in [1.165, 1.54) is 340 Å². The number of carbonyl (C=O) groups is 2. The molecule has 0 aliphatic carbocycles. The molecule has 6 nitrogen and oxygen atoms in total. The maximum Gasteiger partial charge on any atom is 0.305 e. The van der Waals surface area contributed by atoms with Gasteiger partial charge in [-0.3, -0.25) is 9.59 Å². The van der Waals surface area contributed by atoms with Crippen molar-refractivity contribution in [2.75, 3.05) is 13.2 Å². The van der Waals surface area contributed by atoms with Crippen molar-refractivity contribution in [3.05, 3.63) is 36.5 Å². The van der Waals surface area contributed by atoms with Gasteiger partial charge in [-0.1, -0.05) is 365 Å². The fraction of sp³-hybridized carbons (Fsp3) is 0.897. The zero-order valence-electron chi connectivity index (χ0n) is 56.9. The Hall–Kier alpha value is -1.92. The molecule has 0 heterocycles. The smallest absolute Gasteiger partial charge is 0.305 e. The number of aliphatic hydroxyl groups is 2. The topological polar surface area (TPSA) is 95.9 Å². The molecule has 0 saturated carbocycles. The van der Waals surface area contributed by atoms with Gasteiger partial charge in [0.2, 0.25) is 5.91 Å². The van der Waals surface area contributed by atoms with Gasteiger partial charge in [0.15, 0.2) is 0 Å². The second-order valence-electron chi connectivity index (χ2n) is 26.3. The van der Waals surface area contributed by atoms with Crippen LogP contribution in [0.1, 0.15) is 425 Å². The molecule has 0 aromatic rings. The minimum atomic E-state index is -0.664. The normalized spacial score (nSPS) is 12.7. The Balaban J connectivity index is 3.36. The minimum Gasteiger partial charge on any atom is -0.466 e. The van der Waals surface area contributed by atoms with E-state index in [1.807, 2.05) is 0 Å². The van der Waals surface area contributed by atoms with E-state index in [2.05, 4.69) is 55.6 Å². The Morgan fingerprint density at radius 3 is 0.940 bits per heavy atom. The van der Waals surface area contributed by atoms with Crippen LogP contribution in [0.2, 0.25) is 0 Å². The summed E-state index contributed by atoms with van der Waals surface area (Å²) < 4.78 is 5.51. The van der Waals surface area contributed by atoms with E-state index in [0.717, 1.165) is 51.4 Å². The van der Waals surface area contributed by atoms with Crippen molar-refractivity contribution in [1.29, 1.82) is 0 Å². The quantitative estimate of drug-likeness (QED) is 0.0320. The number of amides is 1. The molecule has 2 atom stereocenters. The number of hydrogen-bond acceptors (Lipinski definition) is 5. The molecule has 0 spiro atoms. The molecule has 0 bridgehead atoms. The van der Waals surface area contributed by atoms with Crippen molar-refractivity contribution in [3.8, 4) is 0 Å². The summed E-state index contributed by atoms with van der Waals surface area (Å²) in [5, 5.41) is 23.4. The van der Waals surface area contributed by atoms with Gasteiger partial charge in [0.1, 0.15) is 0 Å². The van der Waals surface area contributed by atoms with Crippen LogP contribution in [0.15, 0.2) is 36.5 Å². The number of ether oxygens (including phenoxy) is 1. The van der Waals surface area contributed by atoms with Crippen LogP contribution in [0.5, 0.6) is 0 Å². The highest BCUT2D eigenvalue weighted by Gasteiger charge is 2.20. The third-order valence-corrected chi connectivity index (χ3v) is 17.9. The summed E-state index contributed by atoms with van der Waals surface area (Å²) in [7, 11) is 0. The second-order valence-corrected chi connectivity index (χ2v) is 26.3. The summed E-state index contributed by atoms with van der Waals surface area (Å²) >= 11 is 0. The van der Waals surface area contributed by atoms with E-state index in [0.29, 0.717) is 25.9 Å². The lowest BCUT2D eigenvalue weighted by molar-refractivity contribution is -0.143. The van der Waals surface area contributed by atoms with Crippen molar-refractivity contribution in [2.45, 2.75) is 437 Å². The minimum absolute atomic E-state index is 0.0140. The van der Waals surface area contributed by atoms with E-state index in [-0.39, 0.29) is 18.5 Å². The van der Waals surface area contributed by atoms with E-state index >= 15 is 0 Å². The number of aliphatic hydroxyl groups excluding tert-OH is 2. The number of allylic oxidation sites excluding steroid dienone is 6. The number of esters is 1. The summed E-state index contributed by atoms with van der Waals surface area (Å²) in [4.78, 5) is 24.7. The van der Waals surface area contributed by atoms with Crippen LogP contribution < -0.4 is 5.32 Å². The first-order valence-electron chi connectivity index (χ1n) is 38.2. The van der Waals surface area contributed by atoms with E-state index in [1.54, 1.807) is 0 Å². The van der Waals surface area contributed by atoms with Gasteiger partial charge >= 0.3 is 5.97 Å². The predicted molar refractivity (Wildman–Crippen MR) is 370 cm³/mol. The average molecular weight is 1180 g/mol. The highest BCUT2D eigenvalue weighted by atomic mass is 16.5. The molecule has 3 N–H and O–H groups in total. The average Bonchev–Trinajstić information content (AvgIpc) is 3.51. The number of nitrogens with one attached hydrogen (secondary N) is 1. The standard InChI is InChI=1S/C78H149NO5/c1-3-5-7-9-11-13-15-17-19-21-35-40-44-48-52-56-60-64-68-72-78(83)84-73-69-65-61-57-53-49-45-41-37-34-32-30-28-26-24-23-25-27-29-31-33-36-39-43-47-51-55-59-63-67-71-77(82)79-75(74-80)76(81)70-66-62-58-54-50-46-42-38-22-20-18-16-14-12-10-8-6-4-2/h11,13,17,19,24,26,75-76,80-81H,3-10,12,14-16,18,20-23,25,27-74H2,1-2H3,(H,79,82)/b13-11-,19-17-,26-24-. The number of rotatable bonds is 72. The van der Waals surface area contributed by atoms with Crippen LogP contribution in [0.25, 0.3) is 0 Å². The van der Waals surface area contributed by atoms with Gasteiger partial charge in [0.25, 0.3) is 0 Å². The summed E-state index contributed by atoms with van der Waals surface area (Å²) in [6.07, 6.45) is 95.0. The SMILES string of the molecule is CCCCC/C=C\C/C=C\CCCCCCCCCCCC(=O)OCCCCCCCCCCCCCC/C=C\CCCCCCCCCCCCCCCCC(=O)NC(CO)C(O)CCCCCCCCCCCCCCCCCCCC.